The molecule has 2 nitrogen and oxygen atoms in total. The summed E-state index contributed by atoms with van der Waals surface area (Å²) in [6, 6.07) is 78.8. The van der Waals surface area contributed by atoms with Gasteiger partial charge in [-0.3, -0.25) is 0 Å². The quantitative estimate of drug-likeness (QED) is 0.162. The van der Waals surface area contributed by atoms with Gasteiger partial charge in [-0.15, -0.1) is 0 Å². The molecule has 0 amide bonds. The maximum absolute atomic E-state index is 2.41. The summed E-state index contributed by atoms with van der Waals surface area (Å²) in [4.78, 5) is 2.33. The van der Waals surface area contributed by atoms with Crippen molar-refractivity contribution in [2.75, 3.05) is 4.90 Å². The highest BCUT2D eigenvalue weighted by Gasteiger charge is 2.18. The maximum atomic E-state index is 2.41. The third-order valence-corrected chi connectivity index (χ3v) is 10.6. The van der Waals surface area contributed by atoms with E-state index in [-0.39, 0.29) is 0 Å². The smallest absolute Gasteiger partial charge is 0.0547 e. The Labute approximate surface area is 315 Å². The van der Waals surface area contributed by atoms with E-state index in [0.717, 1.165) is 17.1 Å². The lowest BCUT2D eigenvalue weighted by Crippen LogP contribution is -2.09. The Morgan fingerprint density at radius 3 is 1.50 bits per heavy atom. The van der Waals surface area contributed by atoms with E-state index in [1.54, 1.807) is 0 Å². The fourth-order valence-corrected chi connectivity index (χ4v) is 7.96. The molecule has 0 bridgehead atoms. The molecule has 10 rings (SSSR count). The van der Waals surface area contributed by atoms with Gasteiger partial charge < -0.3 is 9.47 Å². The molecule has 254 valence electrons. The lowest BCUT2D eigenvalue weighted by molar-refractivity contribution is 1.19. The van der Waals surface area contributed by atoms with Crippen LogP contribution in [0.25, 0.3) is 71.6 Å². The van der Waals surface area contributed by atoms with Crippen LogP contribution in [0.15, 0.2) is 218 Å². The molecule has 0 saturated carbocycles. The highest BCUT2D eigenvalue weighted by molar-refractivity contribution is 6.16. The molecule has 1 heterocycles. The molecule has 0 spiro atoms. The van der Waals surface area contributed by atoms with E-state index in [4.69, 9.17) is 0 Å². The lowest BCUT2D eigenvalue weighted by Gasteiger charge is -2.26. The number of rotatable bonds is 7. The van der Waals surface area contributed by atoms with Gasteiger partial charge in [0.05, 0.1) is 11.0 Å². The van der Waals surface area contributed by atoms with Crippen LogP contribution in [0.3, 0.4) is 0 Å². The van der Waals surface area contributed by atoms with Crippen molar-refractivity contribution in [3.05, 3.63) is 218 Å². The van der Waals surface area contributed by atoms with E-state index < -0.39 is 0 Å². The molecular weight excluding hydrogens is 653 g/mol. The van der Waals surface area contributed by atoms with Crippen molar-refractivity contribution in [2.24, 2.45) is 0 Å². The van der Waals surface area contributed by atoms with E-state index in [1.807, 2.05) is 0 Å². The van der Waals surface area contributed by atoms with Crippen molar-refractivity contribution >= 4 is 49.6 Å². The van der Waals surface area contributed by atoms with Gasteiger partial charge in [0, 0.05) is 33.5 Å². The SMILES string of the molecule is c1ccc(-c2ccc(-c3ccc(N(c4ccccc4)c4ccc(-c5cccc6c5c5ccccc5n6-c5ccc6ccccc6c5)cc4)cc3)cc2)cc1. The van der Waals surface area contributed by atoms with Crippen molar-refractivity contribution in [3.8, 4) is 39.1 Å². The average Bonchev–Trinajstić information content (AvgIpc) is 3.60. The highest BCUT2D eigenvalue weighted by Crippen LogP contribution is 2.41. The Bertz CT molecular complexity index is 2890. The molecule has 0 aliphatic heterocycles. The number of benzene rings is 9. The molecule has 0 fully saturated rings. The second-order valence-electron chi connectivity index (χ2n) is 13.8. The van der Waals surface area contributed by atoms with Crippen LogP contribution >= 0.6 is 0 Å². The normalized spacial score (nSPS) is 11.3. The topological polar surface area (TPSA) is 8.17 Å². The van der Waals surface area contributed by atoms with E-state index in [9.17, 15) is 0 Å². The van der Waals surface area contributed by atoms with Crippen LogP contribution in [0.1, 0.15) is 0 Å². The second-order valence-corrected chi connectivity index (χ2v) is 13.8. The van der Waals surface area contributed by atoms with Crippen LogP contribution in [0.5, 0.6) is 0 Å². The molecule has 2 heteroatoms. The zero-order valence-electron chi connectivity index (χ0n) is 29.7. The van der Waals surface area contributed by atoms with Gasteiger partial charge in [-0.25, -0.2) is 0 Å². The second kappa shape index (κ2) is 13.4. The molecule has 0 aliphatic carbocycles. The summed E-state index contributed by atoms with van der Waals surface area (Å²) in [6.45, 7) is 0. The van der Waals surface area contributed by atoms with Gasteiger partial charge >= 0.3 is 0 Å². The molecule has 9 aromatic carbocycles. The van der Waals surface area contributed by atoms with Crippen LogP contribution in [0.4, 0.5) is 17.1 Å². The summed E-state index contributed by atoms with van der Waals surface area (Å²) in [7, 11) is 0. The van der Waals surface area contributed by atoms with Gasteiger partial charge in [0.1, 0.15) is 0 Å². The molecule has 1 aromatic heterocycles. The van der Waals surface area contributed by atoms with E-state index in [1.165, 1.54) is 71.6 Å². The van der Waals surface area contributed by atoms with Crippen molar-refractivity contribution in [1.29, 1.82) is 0 Å². The number of nitrogens with zero attached hydrogens (tertiary/aromatic N) is 2. The van der Waals surface area contributed by atoms with Gasteiger partial charge in [0.25, 0.3) is 0 Å². The molecule has 54 heavy (non-hydrogen) atoms. The summed E-state index contributed by atoms with van der Waals surface area (Å²) >= 11 is 0. The number of hydrogen-bond donors (Lipinski definition) is 0. The van der Waals surface area contributed by atoms with Crippen LogP contribution < -0.4 is 4.90 Å². The van der Waals surface area contributed by atoms with E-state index in [2.05, 4.69) is 228 Å². The fraction of sp³-hybridized carbons (Fsp3) is 0. The summed E-state index contributed by atoms with van der Waals surface area (Å²) in [5.41, 5.74) is 14.2. The molecule has 0 radical (unpaired) electrons. The predicted molar refractivity (Wildman–Crippen MR) is 229 cm³/mol. The Morgan fingerprint density at radius 1 is 0.315 bits per heavy atom. The summed E-state index contributed by atoms with van der Waals surface area (Å²) in [5, 5.41) is 5.00. The minimum Gasteiger partial charge on any atom is -0.311 e. The zero-order chi connectivity index (χ0) is 35.8. The summed E-state index contributed by atoms with van der Waals surface area (Å²) < 4.78 is 2.41. The molecule has 0 unspecified atom stereocenters. The molecular formula is C52H36N2. The van der Waals surface area contributed by atoms with Crippen LogP contribution in [0, 0.1) is 0 Å². The van der Waals surface area contributed by atoms with E-state index >= 15 is 0 Å². The Balaban J connectivity index is 1.02. The molecule has 0 atom stereocenters. The minimum absolute atomic E-state index is 1.11. The fourth-order valence-electron chi connectivity index (χ4n) is 7.96. The zero-order valence-corrected chi connectivity index (χ0v) is 29.7. The number of fused-ring (bicyclic) bond motifs is 4. The Kier molecular flexibility index (Phi) is 7.85. The van der Waals surface area contributed by atoms with Crippen LogP contribution in [0.2, 0.25) is 0 Å². The van der Waals surface area contributed by atoms with Gasteiger partial charge in [-0.2, -0.15) is 0 Å². The van der Waals surface area contributed by atoms with Crippen molar-refractivity contribution in [2.45, 2.75) is 0 Å². The van der Waals surface area contributed by atoms with E-state index in [0.29, 0.717) is 0 Å². The number of para-hydroxylation sites is 2. The first-order valence-corrected chi connectivity index (χ1v) is 18.5. The summed E-state index contributed by atoms with van der Waals surface area (Å²) in [6.07, 6.45) is 0. The third-order valence-electron chi connectivity index (χ3n) is 10.6. The lowest BCUT2D eigenvalue weighted by atomic mass is 9.98. The predicted octanol–water partition coefficient (Wildman–Crippen LogP) is 14.4. The van der Waals surface area contributed by atoms with Crippen LogP contribution in [-0.4, -0.2) is 4.57 Å². The standard InChI is InChI=1S/C52H36N2/c1-3-12-37(13-4-1)39-22-24-40(25-23-39)41-26-31-45(32-27-41)53(44-16-5-2-6-17-44)46-33-29-42(30-34-46)48-19-11-21-51-52(48)49-18-9-10-20-50(49)54(51)47-35-28-38-14-7-8-15-43(38)36-47/h1-36H. The van der Waals surface area contributed by atoms with Crippen molar-refractivity contribution < 1.29 is 0 Å². The number of anilines is 3. The van der Waals surface area contributed by atoms with Crippen LogP contribution in [-0.2, 0) is 0 Å². The van der Waals surface area contributed by atoms with Gasteiger partial charge in [0.2, 0.25) is 0 Å². The van der Waals surface area contributed by atoms with Gasteiger partial charge in [-0.1, -0.05) is 158 Å². The molecule has 10 aromatic rings. The Hall–Kier alpha value is -7.16. The first kappa shape index (κ1) is 31.6. The number of aromatic nitrogens is 1. The summed E-state index contributed by atoms with van der Waals surface area (Å²) in [5.74, 6) is 0. The largest absolute Gasteiger partial charge is 0.311 e. The molecule has 0 N–H and O–H groups in total. The number of hydrogen-bond acceptors (Lipinski definition) is 1. The monoisotopic (exact) mass is 688 g/mol. The average molecular weight is 689 g/mol. The van der Waals surface area contributed by atoms with Gasteiger partial charge in [-0.05, 0) is 105 Å². The Morgan fingerprint density at radius 2 is 0.815 bits per heavy atom. The highest BCUT2D eigenvalue weighted by atomic mass is 15.1. The minimum atomic E-state index is 1.11. The maximum Gasteiger partial charge on any atom is 0.0547 e. The van der Waals surface area contributed by atoms with Crippen molar-refractivity contribution in [1.82, 2.24) is 4.57 Å². The molecule has 0 aliphatic rings. The first-order chi connectivity index (χ1) is 26.8. The first-order valence-electron chi connectivity index (χ1n) is 18.5. The van der Waals surface area contributed by atoms with Gasteiger partial charge in [0.15, 0.2) is 0 Å². The molecule has 0 saturated heterocycles. The van der Waals surface area contributed by atoms with Crippen molar-refractivity contribution in [3.63, 3.8) is 0 Å². The third kappa shape index (κ3) is 5.62.